The van der Waals surface area contributed by atoms with Crippen molar-refractivity contribution in [2.45, 2.75) is 32.4 Å². The number of likely N-dealkylation sites (tertiary alicyclic amines) is 1. The van der Waals surface area contributed by atoms with Crippen molar-refractivity contribution < 1.29 is 39.6 Å². The normalized spacial score (nSPS) is 17.2. The highest BCUT2D eigenvalue weighted by molar-refractivity contribution is 5.90. The van der Waals surface area contributed by atoms with Gasteiger partial charge in [0.05, 0.1) is 0 Å². The molecule has 2 aromatic carbocycles. The topological polar surface area (TPSA) is 156 Å². The van der Waals surface area contributed by atoms with E-state index < -0.39 is 23.9 Å². The summed E-state index contributed by atoms with van der Waals surface area (Å²) in [5, 5.41) is 31.2. The van der Waals surface area contributed by atoms with Crippen LogP contribution in [0.1, 0.15) is 35.1 Å². The van der Waals surface area contributed by atoms with Gasteiger partial charge in [0, 0.05) is 50.5 Å². The first-order chi connectivity index (χ1) is 19.0. The van der Waals surface area contributed by atoms with E-state index in [1.807, 2.05) is 0 Å². The van der Waals surface area contributed by atoms with Gasteiger partial charge < -0.3 is 25.3 Å². The van der Waals surface area contributed by atoms with E-state index in [1.165, 1.54) is 54.7 Å². The van der Waals surface area contributed by atoms with E-state index in [2.05, 4.69) is 65.4 Å². The monoisotopic (exact) mass is 552 g/mol. The Bertz CT molecular complexity index is 1110. The molecular formula is C30H36N2O8. The smallest absolute Gasteiger partial charge is 0.328 e. The minimum absolute atomic E-state index is 0.558. The second-order valence-electron chi connectivity index (χ2n) is 9.67. The average Bonchev–Trinajstić information content (AvgIpc) is 2.88. The molecule has 1 saturated heterocycles. The van der Waals surface area contributed by atoms with E-state index in [-0.39, 0.29) is 0 Å². The highest BCUT2D eigenvalue weighted by Gasteiger charge is 2.22. The second kappa shape index (κ2) is 16.6. The molecule has 1 fully saturated rings. The van der Waals surface area contributed by atoms with Crippen LogP contribution in [0.3, 0.4) is 0 Å². The van der Waals surface area contributed by atoms with Crippen LogP contribution in [0.25, 0.3) is 0 Å². The molecule has 0 spiro atoms. The third-order valence-corrected chi connectivity index (χ3v) is 6.38. The van der Waals surface area contributed by atoms with Crippen LogP contribution in [0.2, 0.25) is 0 Å². The maximum absolute atomic E-state index is 9.55. The van der Waals surface area contributed by atoms with Gasteiger partial charge in [0.1, 0.15) is 0 Å². The lowest BCUT2D eigenvalue weighted by Gasteiger charge is -2.35. The molecule has 2 heterocycles. The molecule has 10 heteroatoms. The fourth-order valence-corrected chi connectivity index (χ4v) is 4.71. The second-order valence-corrected chi connectivity index (χ2v) is 9.67. The van der Waals surface area contributed by atoms with Crippen LogP contribution in [-0.2, 0) is 38.7 Å². The average molecular weight is 553 g/mol. The van der Waals surface area contributed by atoms with Crippen LogP contribution in [0.4, 0.5) is 0 Å². The molecule has 10 nitrogen and oxygen atoms in total. The first-order valence-corrected chi connectivity index (χ1v) is 12.9. The largest absolute Gasteiger partial charge is 0.478 e. The maximum Gasteiger partial charge on any atom is 0.328 e. The van der Waals surface area contributed by atoms with Gasteiger partial charge in [0.15, 0.2) is 0 Å². The predicted octanol–water partition coefficient (Wildman–Crippen LogP) is 3.36. The number of rotatable bonds is 6. The van der Waals surface area contributed by atoms with Gasteiger partial charge in [0.2, 0.25) is 0 Å². The molecule has 2 aromatic rings. The molecule has 0 saturated carbocycles. The molecule has 214 valence electrons. The summed E-state index contributed by atoms with van der Waals surface area (Å²) in [5.74, 6) is -4.22. The summed E-state index contributed by atoms with van der Waals surface area (Å²) < 4.78 is 0. The molecule has 2 aliphatic rings. The Kier molecular flexibility index (Phi) is 13.3. The zero-order valence-corrected chi connectivity index (χ0v) is 22.5. The number of nitrogens with zero attached hydrogens (tertiary/aromatic N) is 2. The number of piperidine rings is 1. The number of carboxylic acid groups (broad SMARTS) is 4. The van der Waals surface area contributed by atoms with Gasteiger partial charge in [-0.2, -0.15) is 0 Å². The van der Waals surface area contributed by atoms with Crippen molar-refractivity contribution in [1.82, 2.24) is 9.80 Å². The summed E-state index contributed by atoms with van der Waals surface area (Å²) in [5.41, 5.74) is 6.01. The van der Waals surface area contributed by atoms with Crippen molar-refractivity contribution in [1.29, 1.82) is 0 Å². The van der Waals surface area contributed by atoms with Crippen molar-refractivity contribution >= 4 is 23.9 Å². The lowest BCUT2D eigenvalue weighted by molar-refractivity contribution is -0.134. The number of carbonyl (C=O) groups is 4. The third kappa shape index (κ3) is 12.5. The number of hydrogen-bond donors (Lipinski definition) is 4. The first-order valence-electron chi connectivity index (χ1n) is 12.9. The number of fused-ring (bicyclic) bond motifs is 2. The Morgan fingerprint density at radius 2 is 1.12 bits per heavy atom. The van der Waals surface area contributed by atoms with Crippen LogP contribution in [-0.4, -0.2) is 80.8 Å². The molecule has 2 aliphatic heterocycles. The van der Waals surface area contributed by atoms with E-state index in [0.717, 1.165) is 25.4 Å². The Balaban J connectivity index is 0.000000290. The van der Waals surface area contributed by atoms with E-state index in [4.69, 9.17) is 20.4 Å². The number of aliphatic carboxylic acids is 4. The van der Waals surface area contributed by atoms with Crippen LogP contribution in [0, 0.1) is 5.92 Å². The molecule has 4 rings (SSSR count). The van der Waals surface area contributed by atoms with Gasteiger partial charge in [-0.25, -0.2) is 19.2 Å². The van der Waals surface area contributed by atoms with Crippen molar-refractivity contribution in [2.75, 3.05) is 26.7 Å². The van der Waals surface area contributed by atoms with Crippen LogP contribution >= 0.6 is 0 Å². The quantitative estimate of drug-likeness (QED) is 0.392. The molecule has 40 heavy (non-hydrogen) atoms. The van der Waals surface area contributed by atoms with Crippen molar-refractivity contribution in [2.24, 2.45) is 5.92 Å². The minimum Gasteiger partial charge on any atom is -0.478 e. The molecule has 4 N–H and O–H groups in total. The standard InChI is InChI=1S/C22H28N2.2C4H4O4/c1-23-12-6-7-18(14-23)15-24-16-21-10-4-2-8-19(21)13-20-9-3-5-11-22(20)17-24;2*5-3(6)1-2-4(7)8/h2-5,8-11,18H,6-7,12-17H2,1H3;2*1-2H,(H,5,6)(H,7,8)/b;2*2-1-. The highest BCUT2D eigenvalue weighted by atomic mass is 16.4. The van der Waals surface area contributed by atoms with E-state index >= 15 is 0 Å². The van der Waals surface area contributed by atoms with Gasteiger partial charge >= 0.3 is 23.9 Å². The Morgan fingerprint density at radius 1 is 0.725 bits per heavy atom. The molecule has 0 aliphatic carbocycles. The van der Waals surface area contributed by atoms with Gasteiger partial charge in [-0.15, -0.1) is 0 Å². The molecule has 0 bridgehead atoms. The van der Waals surface area contributed by atoms with E-state index in [1.54, 1.807) is 0 Å². The third-order valence-electron chi connectivity index (χ3n) is 6.38. The molecule has 0 radical (unpaired) electrons. The molecular weight excluding hydrogens is 516 g/mol. The molecule has 1 unspecified atom stereocenters. The zero-order valence-electron chi connectivity index (χ0n) is 22.5. The van der Waals surface area contributed by atoms with Crippen LogP contribution < -0.4 is 0 Å². The maximum atomic E-state index is 9.55. The minimum atomic E-state index is -1.26. The van der Waals surface area contributed by atoms with Gasteiger partial charge in [0.25, 0.3) is 0 Å². The van der Waals surface area contributed by atoms with Crippen molar-refractivity contribution in [3.63, 3.8) is 0 Å². The highest BCUT2D eigenvalue weighted by Crippen LogP contribution is 2.26. The van der Waals surface area contributed by atoms with Crippen LogP contribution in [0.5, 0.6) is 0 Å². The first kappa shape index (κ1) is 31.9. The molecule has 1 atom stereocenters. The summed E-state index contributed by atoms with van der Waals surface area (Å²) in [6, 6.07) is 18.0. The van der Waals surface area contributed by atoms with Gasteiger partial charge in [-0.3, -0.25) is 4.90 Å². The molecule has 0 amide bonds. The summed E-state index contributed by atoms with van der Waals surface area (Å²) in [6.45, 7) is 5.91. The van der Waals surface area contributed by atoms with E-state index in [9.17, 15) is 19.2 Å². The lowest BCUT2D eigenvalue weighted by atomic mass is 9.92. The summed E-state index contributed by atoms with van der Waals surface area (Å²) >= 11 is 0. The fourth-order valence-electron chi connectivity index (χ4n) is 4.71. The number of hydrogen-bond acceptors (Lipinski definition) is 6. The Hall–Kier alpha value is -4.28. The Morgan fingerprint density at radius 3 is 1.50 bits per heavy atom. The van der Waals surface area contributed by atoms with Gasteiger partial charge in [-0.05, 0) is 61.0 Å². The SMILES string of the molecule is CN1CCCC(CN2Cc3ccccc3Cc3ccccc3C2)C1.O=C(O)/C=C\C(=O)O.O=C(O)/C=C\C(=O)O. The van der Waals surface area contributed by atoms with Gasteiger partial charge in [-0.1, -0.05) is 48.5 Å². The summed E-state index contributed by atoms with van der Waals surface area (Å²) in [7, 11) is 2.27. The predicted molar refractivity (Wildman–Crippen MR) is 149 cm³/mol. The fraction of sp³-hybridized carbons (Fsp3) is 0.333. The Labute approximate surface area is 233 Å². The van der Waals surface area contributed by atoms with Crippen LogP contribution in [0.15, 0.2) is 72.8 Å². The zero-order chi connectivity index (χ0) is 29.5. The van der Waals surface area contributed by atoms with Crippen molar-refractivity contribution in [3.05, 3.63) is 95.1 Å². The number of carboxylic acids is 4. The van der Waals surface area contributed by atoms with Crippen molar-refractivity contribution in [3.8, 4) is 0 Å². The van der Waals surface area contributed by atoms with E-state index in [0.29, 0.717) is 24.3 Å². The lowest BCUT2D eigenvalue weighted by Crippen LogP contribution is -2.39. The molecule has 0 aromatic heterocycles. The summed E-state index contributed by atoms with van der Waals surface area (Å²) in [4.78, 5) is 43.4. The summed E-state index contributed by atoms with van der Waals surface area (Å²) in [6.07, 6.45) is 6.04. The number of benzene rings is 2.